The standard InChI is InChI=1S/C13H17NO3/c15-13(17-12-9-16-10-12)7-4-8-14-11-5-2-1-3-6-11/h1-3,5-6,12,14H,4,7-10H2. The van der Waals surface area contributed by atoms with Crippen molar-refractivity contribution in [1.29, 1.82) is 0 Å². The van der Waals surface area contributed by atoms with Crippen LogP contribution in [0.1, 0.15) is 12.8 Å². The van der Waals surface area contributed by atoms with Gasteiger partial charge in [-0.25, -0.2) is 0 Å². The molecule has 0 bridgehead atoms. The van der Waals surface area contributed by atoms with E-state index in [1.807, 2.05) is 30.3 Å². The molecule has 17 heavy (non-hydrogen) atoms. The maximum atomic E-state index is 11.4. The van der Waals surface area contributed by atoms with Crippen molar-refractivity contribution in [2.75, 3.05) is 25.1 Å². The Labute approximate surface area is 101 Å². The van der Waals surface area contributed by atoms with Crippen LogP contribution in [0.15, 0.2) is 30.3 Å². The van der Waals surface area contributed by atoms with Gasteiger partial charge in [-0.1, -0.05) is 18.2 Å². The van der Waals surface area contributed by atoms with Crippen molar-refractivity contribution in [2.24, 2.45) is 0 Å². The molecule has 0 aliphatic carbocycles. The molecule has 1 fully saturated rings. The Morgan fingerprint density at radius 3 is 2.76 bits per heavy atom. The Morgan fingerprint density at radius 1 is 1.35 bits per heavy atom. The number of para-hydroxylation sites is 1. The number of nitrogens with one attached hydrogen (secondary N) is 1. The van der Waals surface area contributed by atoms with Gasteiger partial charge in [0.05, 0.1) is 13.2 Å². The minimum Gasteiger partial charge on any atom is -0.457 e. The van der Waals surface area contributed by atoms with Gasteiger partial charge in [0.1, 0.15) is 6.10 Å². The van der Waals surface area contributed by atoms with E-state index in [0.29, 0.717) is 19.6 Å². The van der Waals surface area contributed by atoms with Crippen LogP contribution in [0.3, 0.4) is 0 Å². The highest BCUT2D eigenvalue weighted by atomic mass is 16.6. The minimum absolute atomic E-state index is 0.00965. The molecule has 1 saturated heterocycles. The smallest absolute Gasteiger partial charge is 0.306 e. The molecule has 1 aromatic carbocycles. The second-order valence-electron chi connectivity index (χ2n) is 4.05. The molecule has 0 radical (unpaired) electrons. The van der Waals surface area contributed by atoms with Crippen LogP contribution in [-0.2, 0) is 14.3 Å². The Balaban J connectivity index is 1.55. The number of hydrogen-bond donors (Lipinski definition) is 1. The fourth-order valence-electron chi connectivity index (χ4n) is 1.55. The maximum absolute atomic E-state index is 11.4. The first-order valence-corrected chi connectivity index (χ1v) is 5.91. The number of carbonyl (C=O) groups excluding carboxylic acids is 1. The highest BCUT2D eigenvalue weighted by Gasteiger charge is 2.22. The highest BCUT2D eigenvalue weighted by molar-refractivity contribution is 5.69. The average molecular weight is 235 g/mol. The Morgan fingerprint density at radius 2 is 2.12 bits per heavy atom. The Bertz CT molecular complexity index is 349. The van der Waals surface area contributed by atoms with Gasteiger partial charge in [0, 0.05) is 18.7 Å². The zero-order chi connectivity index (χ0) is 11.9. The number of hydrogen-bond acceptors (Lipinski definition) is 4. The minimum atomic E-state index is -0.131. The third-order valence-electron chi connectivity index (χ3n) is 2.57. The monoisotopic (exact) mass is 235 g/mol. The predicted molar refractivity (Wildman–Crippen MR) is 64.9 cm³/mol. The molecule has 0 unspecified atom stereocenters. The van der Waals surface area contributed by atoms with Gasteiger partial charge < -0.3 is 14.8 Å². The van der Waals surface area contributed by atoms with Crippen molar-refractivity contribution in [1.82, 2.24) is 0 Å². The van der Waals surface area contributed by atoms with Crippen LogP contribution in [0, 0.1) is 0 Å². The molecular weight excluding hydrogens is 218 g/mol. The molecule has 1 aliphatic rings. The van der Waals surface area contributed by atoms with Gasteiger partial charge in [-0.05, 0) is 18.6 Å². The van der Waals surface area contributed by atoms with E-state index in [0.717, 1.165) is 18.7 Å². The van der Waals surface area contributed by atoms with Crippen molar-refractivity contribution in [2.45, 2.75) is 18.9 Å². The van der Waals surface area contributed by atoms with Gasteiger partial charge in [-0.15, -0.1) is 0 Å². The first-order valence-electron chi connectivity index (χ1n) is 5.91. The first-order chi connectivity index (χ1) is 8.34. The molecule has 4 nitrogen and oxygen atoms in total. The number of anilines is 1. The van der Waals surface area contributed by atoms with Gasteiger partial charge in [0.25, 0.3) is 0 Å². The molecule has 0 spiro atoms. The van der Waals surface area contributed by atoms with E-state index in [1.54, 1.807) is 0 Å². The fourth-order valence-corrected chi connectivity index (χ4v) is 1.55. The van der Waals surface area contributed by atoms with Crippen LogP contribution in [0.25, 0.3) is 0 Å². The summed E-state index contributed by atoms with van der Waals surface area (Å²) in [7, 11) is 0. The third kappa shape index (κ3) is 4.07. The lowest BCUT2D eigenvalue weighted by molar-refractivity contribution is -0.172. The molecule has 92 valence electrons. The number of carbonyl (C=O) groups is 1. The van der Waals surface area contributed by atoms with Crippen LogP contribution < -0.4 is 5.32 Å². The zero-order valence-electron chi connectivity index (χ0n) is 9.72. The molecule has 1 aromatic rings. The summed E-state index contributed by atoms with van der Waals surface area (Å²) in [5.74, 6) is -0.131. The molecule has 2 rings (SSSR count). The summed E-state index contributed by atoms with van der Waals surface area (Å²) in [4.78, 5) is 11.4. The SMILES string of the molecule is O=C(CCCNc1ccccc1)OC1COC1. The molecule has 1 aliphatic heterocycles. The largest absolute Gasteiger partial charge is 0.457 e. The lowest BCUT2D eigenvalue weighted by Gasteiger charge is -2.25. The molecule has 1 N–H and O–H groups in total. The van der Waals surface area contributed by atoms with Crippen molar-refractivity contribution in [3.63, 3.8) is 0 Å². The lowest BCUT2D eigenvalue weighted by Crippen LogP contribution is -2.37. The number of benzene rings is 1. The van der Waals surface area contributed by atoms with Gasteiger partial charge in [0.2, 0.25) is 0 Å². The van der Waals surface area contributed by atoms with Crippen molar-refractivity contribution in [3.05, 3.63) is 30.3 Å². The van der Waals surface area contributed by atoms with Gasteiger partial charge >= 0.3 is 5.97 Å². The van der Waals surface area contributed by atoms with E-state index in [4.69, 9.17) is 9.47 Å². The molecule has 0 aromatic heterocycles. The van der Waals surface area contributed by atoms with E-state index in [-0.39, 0.29) is 12.1 Å². The Kier molecular flexibility index (Phi) is 4.38. The molecule has 0 atom stereocenters. The molecule has 0 saturated carbocycles. The summed E-state index contributed by atoms with van der Waals surface area (Å²) in [6.45, 7) is 1.88. The number of rotatable bonds is 6. The third-order valence-corrected chi connectivity index (χ3v) is 2.57. The first kappa shape index (κ1) is 11.9. The number of esters is 1. The average Bonchev–Trinajstić information content (AvgIpc) is 2.31. The van der Waals surface area contributed by atoms with Crippen LogP contribution in [0.5, 0.6) is 0 Å². The van der Waals surface area contributed by atoms with Crippen LogP contribution in [0.4, 0.5) is 5.69 Å². The van der Waals surface area contributed by atoms with E-state index in [2.05, 4.69) is 5.32 Å². The summed E-state index contributed by atoms with van der Waals surface area (Å²) in [5.41, 5.74) is 1.08. The van der Waals surface area contributed by atoms with E-state index in [1.165, 1.54) is 0 Å². The predicted octanol–water partition coefficient (Wildman–Crippen LogP) is 1.82. The van der Waals surface area contributed by atoms with Crippen LogP contribution in [0.2, 0.25) is 0 Å². The fraction of sp³-hybridized carbons (Fsp3) is 0.462. The number of ether oxygens (including phenoxy) is 2. The summed E-state index contributed by atoms with van der Waals surface area (Å²) < 4.78 is 10.1. The van der Waals surface area contributed by atoms with Crippen LogP contribution >= 0.6 is 0 Å². The van der Waals surface area contributed by atoms with Crippen LogP contribution in [-0.4, -0.2) is 31.8 Å². The summed E-state index contributed by atoms with van der Waals surface area (Å²) >= 11 is 0. The van der Waals surface area contributed by atoms with Crippen molar-refractivity contribution < 1.29 is 14.3 Å². The second kappa shape index (κ2) is 6.25. The highest BCUT2D eigenvalue weighted by Crippen LogP contribution is 2.08. The molecule has 0 amide bonds. The summed E-state index contributed by atoms with van der Waals surface area (Å²) in [6.07, 6.45) is 1.22. The molecule has 1 heterocycles. The quantitative estimate of drug-likeness (QED) is 0.603. The normalized spacial score (nSPS) is 15.1. The second-order valence-corrected chi connectivity index (χ2v) is 4.05. The maximum Gasteiger partial charge on any atom is 0.306 e. The summed E-state index contributed by atoms with van der Waals surface area (Å²) in [5, 5.41) is 3.25. The Hall–Kier alpha value is -1.55. The molecular formula is C13H17NO3. The topological polar surface area (TPSA) is 47.6 Å². The molecule has 4 heteroatoms. The van der Waals surface area contributed by atoms with E-state index >= 15 is 0 Å². The van der Waals surface area contributed by atoms with E-state index in [9.17, 15) is 4.79 Å². The van der Waals surface area contributed by atoms with Gasteiger partial charge in [-0.3, -0.25) is 4.79 Å². The van der Waals surface area contributed by atoms with Crippen molar-refractivity contribution in [3.8, 4) is 0 Å². The lowest BCUT2D eigenvalue weighted by atomic mass is 10.2. The van der Waals surface area contributed by atoms with E-state index < -0.39 is 0 Å². The zero-order valence-corrected chi connectivity index (χ0v) is 9.72. The van der Waals surface area contributed by atoms with Gasteiger partial charge in [0.15, 0.2) is 0 Å². The summed E-state index contributed by atoms with van der Waals surface area (Å²) in [6, 6.07) is 9.94. The van der Waals surface area contributed by atoms with Crippen molar-refractivity contribution >= 4 is 11.7 Å². The van der Waals surface area contributed by atoms with Gasteiger partial charge in [-0.2, -0.15) is 0 Å².